The van der Waals surface area contributed by atoms with Gasteiger partial charge >= 0.3 is 0 Å². The summed E-state index contributed by atoms with van der Waals surface area (Å²) in [5.74, 6) is -0.0477. The summed E-state index contributed by atoms with van der Waals surface area (Å²) < 4.78 is 17.4. The van der Waals surface area contributed by atoms with Gasteiger partial charge in [0.05, 0.1) is 41.8 Å². The van der Waals surface area contributed by atoms with Crippen molar-refractivity contribution in [1.29, 1.82) is 5.26 Å². The summed E-state index contributed by atoms with van der Waals surface area (Å²) in [7, 11) is 1.95. The molecule has 0 radical (unpaired) electrons. The van der Waals surface area contributed by atoms with Crippen molar-refractivity contribution in [3.8, 4) is 23.1 Å². The average molecular weight is 472 g/mol. The Labute approximate surface area is 187 Å². The fourth-order valence-corrected chi connectivity index (χ4v) is 3.78. The molecular formula is C19H16Cl3FN5S+. The Morgan fingerprint density at radius 3 is 2.59 bits per heavy atom. The van der Waals surface area contributed by atoms with E-state index in [0.29, 0.717) is 51.5 Å². The molecule has 1 unspecified atom stereocenters. The van der Waals surface area contributed by atoms with E-state index in [9.17, 15) is 4.39 Å². The van der Waals surface area contributed by atoms with E-state index in [2.05, 4.69) is 11.2 Å². The molecule has 1 atom stereocenters. The normalized spacial score (nSPS) is 12.0. The summed E-state index contributed by atoms with van der Waals surface area (Å²) in [5.41, 5.74) is 1.18. The van der Waals surface area contributed by atoms with Gasteiger partial charge in [-0.15, -0.1) is 5.10 Å². The second kappa shape index (κ2) is 9.24. The molecule has 0 aliphatic carbocycles. The highest BCUT2D eigenvalue weighted by atomic mass is 35.5. The van der Waals surface area contributed by atoms with E-state index in [-0.39, 0.29) is 5.02 Å². The smallest absolute Gasteiger partial charge is 0.207 e. The third kappa shape index (κ3) is 4.80. The Kier molecular flexibility index (Phi) is 6.93. The number of halogens is 4. The van der Waals surface area contributed by atoms with Gasteiger partial charge in [0.15, 0.2) is 12.5 Å². The molecule has 0 fully saturated rings. The maximum atomic E-state index is 13.7. The minimum atomic E-state index is -0.527. The topological polar surface area (TPSA) is 51.0 Å². The number of nitrogens with zero attached hydrogens (tertiary/aromatic N) is 4. The molecular weight excluding hydrogens is 456 g/mol. The molecule has 5 nitrogen and oxygen atoms in total. The van der Waals surface area contributed by atoms with Crippen molar-refractivity contribution in [2.24, 2.45) is 0 Å². The van der Waals surface area contributed by atoms with Gasteiger partial charge in [-0.1, -0.05) is 34.8 Å². The van der Waals surface area contributed by atoms with Gasteiger partial charge in [-0.05, 0) is 48.6 Å². The maximum Gasteiger partial charge on any atom is 0.207 e. The number of nitriles is 1. The van der Waals surface area contributed by atoms with Gasteiger partial charge in [-0.2, -0.15) is 9.94 Å². The van der Waals surface area contributed by atoms with Crippen molar-refractivity contribution < 1.29 is 9.29 Å². The van der Waals surface area contributed by atoms with Crippen LogP contribution in [0.3, 0.4) is 0 Å². The largest absolute Gasteiger partial charge is 0.318 e. The van der Waals surface area contributed by atoms with Crippen LogP contribution in [0.5, 0.6) is 0 Å². The summed E-state index contributed by atoms with van der Waals surface area (Å²) in [6.45, 7) is 1.09. The fraction of sp³-hybridized carbons (Fsp3) is 0.211. The Morgan fingerprint density at radius 1 is 1.17 bits per heavy atom. The number of nitrogens with one attached hydrogen (secondary N) is 1. The predicted octanol–water partition coefficient (Wildman–Crippen LogP) is 4.56. The molecule has 0 bridgehead atoms. The van der Waals surface area contributed by atoms with Crippen molar-refractivity contribution in [3.63, 3.8) is 0 Å². The lowest BCUT2D eigenvalue weighted by Crippen LogP contribution is -3.08. The van der Waals surface area contributed by atoms with Crippen molar-refractivity contribution in [1.82, 2.24) is 14.3 Å². The Bertz CT molecular complexity index is 1150. The van der Waals surface area contributed by atoms with Crippen LogP contribution >= 0.6 is 47.0 Å². The molecule has 29 heavy (non-hydrogen) atoms. The summed E-state index contributed by atoms with van der Waals surface area (Å²) in [4.78, 5) is 1.05. The zero-order valence-electron chi connectivity index (χ0n) is 15.3. The first-order valence-electron chi connectivity index (χ1n) is 8.60. The van der Waals surface area contributed by atoms with Crippen LogP contribution in [0.1, 0.15) is 6.42 Å². The van der Waals surface area contributed by atoms with Crippen molar-refractivity contribution >= 4 is 47.0 Å². The molecule has 0 saturated heterocycles. The summed E-state index contributed by atoms with van der Waals surface area (Å²) in [6.07, 6.45) is 0.420. The maximum absolute atomic E-state index is 13.7. The van der Waals surface area contributed by atoms with Gasteiger partial charge in [0.1, 0.15) is 5.82 Å². The molecule has 0 spiro atoms. The van der Waals surface area contributed by atoms with Crippen LogP contribution in [-0.2, 0) is 6.67 Å². The third-order valence-corrected chi connectivity index (χ3v) is 5.49. The molecule has 1 aromatic heterocycles. The molecule has 0 aliphatic rings. The molecule has 1 N–H and O–H groups in total. The van der Waals surface area contributed by atoms with Crippen LogP contribution in [0, 0.1) is 21.9 Å². The third-order valence-electron chi connectivity index (χ3n) is 4.26. The van der Waals surface area contributed by atoms with E-state index < -0.39 is 5.82 Å². The molecule has 0 amide bonds. The fourth-order valence-electron chi connectivity index (χ4n) is 2.82. The van der Waals surface area contributed by atoms with Crippen molar-refractivity contribution in [3.05, 3.63) is 62.1 Å². The van der Waals surface area contributed by atoms with Gasteiger partial charge in [0, 0.05) is 10.6 Å². The van der Waals surface area contributed by atoms with Crippen molar-refractivity contribution in [2.75, 3.05) is 13.6 Å². The monoisotopic (exact) mass is 470 g/mol. The van der Waals surface area contributed by atoms with Gasteiger partial charge in [0.25, 0.3) is 0 Å². The van der Waals surface area contributed by atoms with Crippen LogP contribution in [0.15, 0.2) is 36.4 Å². The zero-order valence-corrected chi connectivity index (χ0v) is 18.4. The van der Waals surface area contributed by atoms with Crippen molar-refractivity contribution in [2.45, 2.75) is 13.1 Å². The highest BCUT2D eigenvalue weighted by Gasteiger charge is 2.19. The molecule has 10 heteroatoms. The second-order valence-corrected chi connectivity index (χ2v) is 8.05. The molecule has 2 aromatic carbocycles. The van der Waals surface area contributed by atoms with Crippen LogP contribution in [0.25, 0.3) is 17.1 Å². The number of aromatic nitrogens is 3. The highest BCUT2D eigenvalue weighted by Crippen LogP contribution is 2.32. The molecule has 0 saturated carbocycles. The van der Waals surface area contributed by atoms with Crippen LogP contribution < -0.4 is 4.90 Å². The minimum absolute atomic E-state index is 0.0259. The molecule has 3 rings (SSSR count). The number of hydrogen-bond donors (Lipinski definition) is 1. The summed E-state index contributed by atoms with van der Waals surface area (Å²) >= 11 is 24.1. The van der Waals surface area contributed by atoms with Gasteiger partial charge < -0.3 is 4.90 Å². The van der Waals surface area contributed by atoms with Gasteiger partial charge in [-0.25, -0.2) is 4.39 Å². The molecule has 150 valence electrons. The van der Waals surface area contributed by atoms with Crippen LogP contribution in [-0.4, -0.2) is 27.9 Å². The van der Waals surface area contributed by atoms with Gasteiger partial charge in [0.2, 0.25) is 4.77 Å². The van der Waals surface area contributed by atoms with Gasteiger partial charge in [-0.3, -0.25) is 4.57 Å². The SMILES string of the molecule is C[NH+](CCC#N)Cn1nc(-c2ccc(Cl)cc2Cl)n(-c2ccc(F)c(Cl)c2)c1=S. The highest BCUT2D eigenvalue weighted by molar-refractivity contribution is 7.71. The lowest BCUT2D eigenvalue weighted by molar-refractivity contribution is -0.903. The van der Waals surface area contributed by atoms with E-state index in [1.54, 1.807) is 33.5 Å². The number of rotatable bonds is 6. The standard InChI is InChI=1S/C19H15Cl3FN5S/c1-26(8-2-7-24)11-27-19(29)28(13-4-6-17(23)16(22)10-13)18(25-27)14-5-3-12(20)9-15(14)21/h3-6,9-10H,2,8,11H2,1H3/p+1. The molecule has 3 aromatic rings. The first-order valence-corrected chi connectivity index (χ1v) is 10.1. The second-order valence-electron chi connectivity index (χ2n) is 6.44. The first-order chi connectivity index (χ1) is 13.8. The van der Waals surface area contributed by atoms with E-state index in [0.717, 1.165) is 4.90 Å². The van der Waals surface area contributed by atoms with E-state index in [4.69, 9.17) is 52.3 Å². The lowest BCUT2D eigenvalue weighted by Gasteiger charge is -2.11. The van der Waals surface area contributed by atoms with Crippen LogP contribution in [0.2, 0.25) is 15.1 Å². The molecule has 0 aliphatic heterocycles. The number of benzene rings is 2. The minimum Gasteiger partial charge on any atom is -0.318 e. The van der Waals surface area contributed by atoms with E-state index >= 15 is 0 Å². The zero-order chi connectivity index (χ0) is 21.1. The quantitative estimate of drug-likeness (QED) is 0.536. The predicted molar refractivity (Wildman–Crippen MR) is 115 cm³/mol. The first kappa shape index (κ1) is 21.8. The lowest BCUT2D eigenvalue weighted by atomic mass is 10.2. The Balaban J connectivity index is 2.17. The molecule has 1 heterocycles. The van der Waals surface area contributed by atoms with Crippen LogP contribution in [0.4, 0.5) is 4.39 Å². The number of hydrogen-bond acceptors (Lipinski definition) is 3. The van der Waals surface area contributed by atoms with E-state index in [1.807, 2.05) is 7.05 Å². The Hall–Kier alpha value is -1.95. The average Bonchev–Trinajstić information content (AvgIpc) is 2.98. The van der Waals surface area contributed by atoms with E-state index in [1.165, 1.54) is 12.1 Å². The number of quaternary nitrogens is 1. The summed E-state index contributed by atoms with van der Waals surface area (Å²) in [5, 5.41) is 14.3. The Morgan fingerprint density at radius 2 is 1.93 bits per heavy atom. The summed E-state index contributed by atoms with van der Waals surface area (Å²) in [6, 6.07) is 11.5.